The molecule has 3 aromatic rings. The minimum atomic E-state index is -0.308. The van der Waals surface area contributed by atoms with Crippen LogP contribution in [0, 0.1) is 6.92 Å². The van der Waals surface area contributed by atoms with Gasteiger partial charge in [0, 0.05) is 18.5 Å². The predicted molar refractivity (Wildman–Crippen MR) is 90.8 cm³/mol. The van der Waals surface area contributed by atoms with E-state index in [1.807, 2.05) is 37.3 Å². The van der Waals surface area contributed by atoms with Gasteiger partial charge >= 0.3 is 0 Å². The van der Waals surface area contributed by atoms with Crippen LogP contribution in [0.4, 0.5) is 0 Å². The SMILES string of the molecule is Cc1oc(-c2ccccc2)nc1CCNC(=O)c1ccccc1O. The van der Waals surface area contributed by atoms with E-state index in [0.29, 0.717) is 18.9 Å². The van der Waals surface area contributed by atoms with Crippen LogP contribution < -0.4 is 5.32 Å². The Labute approximate surface area is 140 Å². The summed E-state index contributed by atoms with van der Waals surface area (Å²) >= 11 is 0. The van der Waals surface area contributed by atoms with Crippen molar-refractivity contribution in [2.24, 2.45) is 0 Å². The fourth-order valence-corrected chi connectivity index (χ4v) is 2.42. The molecule has 0 saturated heterocycles. The van der Waals surface area contributed by atoms with Crippen LogP contribution in [-0.4, -0.2) is 22.5 Å². The highest BCUT2D eigenvalue weighted by molar-refractivity contribution is 5.96. The molecule has 5 nitrogen and oxygen atoms in total. The Morgan fingerprint density at radius 2 is 1.83 bits per heavy atom. The van der Waals surface area contributed by atoms with Gasteiger partial charge in [0.05, 0.1) is 11.3 Å². The Kier molecular flexibility index (Phi) is 4.61. The molecule has 0 aliphatic rings. The fourth-order valence-electron chi connectivity index (χ4n) is 2.42. The third kappa shape index (κ3) is 3.46. The van der Waals surface area contributed by atoms with Crippen molar-refractivity contribution in [2.75, 3.05) is 6.54 Å². The van der Waals surface area contributed by atoms with Gasteiger partial charge in [-0.05, 0) is 31.2 Å². The van der Waals surface area contributed by atoms with Crippen LogP contribution in [0.15, 0.2) is 59.0 Å². The number of phenolic OH excluding ortho intramolecular Hbond substituents is 1. The first-order valence-electron chi connectivity index (χ1n) is 7.73. The van der Waals surface area contributed by atoms with E-state index in [1.54, 1.807) is 18.2 Å². The standard InChI is InChI=1S/C19H18N2O3/c1-13-16(21-19(24-13)14-7-3-2-4-8-14)11-12-20-18(23)15-9-5-6-10-17(15)22/h2-10,22H,11-12H2,1H3,(H,20,23). The maximum absolute atomic E-state index is 12.1. The molecule has 1 amide bonds. The summed E-state index contributed by atoms with van der Waals surface area (Å²) in [6, 6.07) is 16.1. The fraction of sp³-hybridized carbons (Fsp3) is 0.158. The minimum Gasteiger partial charge on any atom is -0.507 e. The van der Waals surface area contributed by atoms with Crippen molar-refractivity contribution >= 4 is 5.91 Å². The van der Waals surface area contributed by atoms with Crippen LogP contribution in [-0.2, 0) is 6.42 Å². The van der Waals surface area contributed by atoms with Crippen LogP contribution in [0.5, 0.6) is 5.75 Å². The Morgan fingerprint density at radius 1 is 1.12 bits per heavy atom. The van der Waals surface area contributed by atoms with Crippen molar-refractivity contribution in [3.05, 3.63) is 71.6 Å². The van der Waals surface area contributed by atoms with Crippen molar-refractivity contribution in [1.82, 2.24) is 10.3 Å². The molecule has 1 heterocycles. The van der Waals surface area contributed by atoms with E-state index in [9.17, 15) is 9.90 Å². The number of benzene rings is 2. The Hall–Kier alpha value is -3.08. The number of aromatic nitrogens is 1. The molecule has 3 rings (SSSR count). The molecule has 2 N–H and O–H groups in total. The number of hydrogen-bond donors (Lipinski definition) is 2. The third-order valence-electron chi connectivity index (χ3n) is 3.71. The van der Waals surface area contributed by atoms with Gasteiger partial charge in [0.2, 0.25) is 5.89 Å². The molecule has 122 valence electrons. The van der Waals surface area contributed by atoms with Crippen molar-refractivity contribution in [3.63, 3.8) is 0 Å². The quantitative estimate of drug-likeness (QED) is 0.755. The molecular weight excluding hydrogens is 304 g/mol. The van der Waals surface area contributed by atoms with E-state index in [4.69, 9.17) is 4.42 Å². The number of phenols is 1. The van der Waals surface area contributed by atoms with Crippen LogP contribution >= 0.6 is 0 Å². The summed E-state index contributed by atoms with van der Waals surface area (Å²) in [4.78, 5) is 16.6. The highest BCUT2D eigenvalue weighted by atomic mass is 16.4. The minimum absolute atomic E-state index is 0.0287. The van der Waals surface area contributed by atoms with E-state index in [0.717, 1.165) is 17.0 Å². The number of aromatic hydroxyl groups is 1. The second kappa shape index (κ2) is 7.00. The van der Waals surface area contributed by atoms with Crippen LogP contribution in [0.25, 0.3) is 11.5 Å². The number of carbonyl (C=O) groups is 1. The zero-order chi connectivity index (χ0) is 16.9. The molecule has 1 aromatic heterocycles. The van der Waals surface area contributed by atoms with Crippen LogP contribution in [0.2, 0.25) is 0 Å². The molecule has 0 atom stereocenters. The first-order chi connectivity index (χ1) is 11.6. The van der Waals surface area contributed by atoms with Gasteiger partial charge in [0.25, 0.3) is 5.91 Å². The normalized spacial score (nSPS) is 10.5. The first-order valence-corrected chi connectivity index (χ1v) is 7.73. The lowest BCUT2D eigenvalue weighted by Crippen LogP contribution is -2.25. The maximum Gasteiger partial charge on any atom is 0.255 e. The number of hydrogen-bond acceptors (Lipinski definition) is 4. The second-order valence-electron chi connectivity index (χ2n) is 5.41. The van der Waals surface area contributed by atoms with Crippen LogP contribution in [0.3, 0.4) is 0 Å². The summed E-state index contributed by atoms with van der Waals surface area (Å²) < 4.78 is 5.70. The largest absolute Gasteiger partial charge is 0.507 e. The van der Waals surface area contributed by atoms with E-state index < -0.39 is 0 Å². The van der Waals surface area contributed by atoms with Gasteiger partial charge in [-0.2, -0.15) is 0 Å². The van der Waals surface area contributed by atoms with E-state index in [-0.39, 0.29) is 17.2 Å². The highest BCUT2D eigenvalue weighted by Gasteiger charge is 2.13. The molecule has 2 aromatic carbocycles. The smallest absolute Gasteiger partial charge is 0.255 e. The van der Waals surface area contributed by atoms with Crippen molar-refractivity contribution in [1.29, 1.82) is 0 Å². The van der Waals surface area contributed by atoms with Crippen LogP contribution in [0.1, 0.15) is 21.8 Å². The Morgan fingerprint density at radius 3 is 2.58 bits per heavy atom. The van der Waals surface area contributed by atoms with E-state index >= 15 is 0 Å². The zero-order valence-corrected chi connectivity index (χ0v) is 13.3. The molecule has 0 saturated carbocycles. The molecular formula is C19H18N2O3. The molecule has 0 fully saturated rings. The number of nitrogens with one attached hydrogen (secondary N) is 1. The third-order valence-corrected chi connectivity index (χ3v) is 3.71. The lowest BCUT2D eigenvalue weighted by atomic mass is 10.2. The molecule has 0 unspecified atom stereocenters. The first kappa shape index (κ1) is 15.8. The monoisotopic (exact) mass is 322 g/mol. The average molecular weight is 322 g/mol. The van der Waals surface area contributed by atoms with Crippen molar-refractivity contribution in [3.8, 4) is 17.2 Å². The average Bonchev–Trinajstić information content (AvgIpc) is 2.97. The molecule has 5 heteroatoms. The van der Waals surface area contributed by atoms with Crippen molar-refractivity contribution < 1.29 is 14.3 Å². The number of amides is 1. The molecule has 0 bridgehead atoms. The van der Waals surface area contributed by atoms with Gasteiger partial charge in [-0.1, -0.05) is 30.3 Å². The summed E-state index contributed by atoms with van der Waals surface area (Å²) in [5.41, 5.74) is 2.00. The predicted octanol–water partition coefficient (Wildman–Crippen LogP) is 3.33. The van der Waals surface area contributed by atoms with Gasteiger partial charge in [-0.15, -0.1) is 0 Å². The zero-order valence-electron chi connectivity index (χ0n) is 13.3. The van der Waals surface area contributed by atoms with Gasteiger partial charge in [-0.3, -0.25) is 4.79 Å². The molecule has 0 aliphatic heterocycles. The number of carbonyl (C=O) groups excluding carboxylic acids is 1. The number of oxazole rings is 1. The maximum atomic E-state index is 12.1. The summed E-state index contributed by atoms with van der Waals surface area (Å²) in [6.07, 6.45) is 0.557. The summed E-state index contributed by atoms with van der Waals surface area (Å²) in [7, 11) is 0. The Balaban J connectivity index is 1.62. The highest BCUT2D eigenvalue weighted by Crippen LogP contribution is 2.21. The van der Waals surface area contributed by atoms with E-state index in [1.165, 1.54) is 6.07 Å². The summed E-state index contributed by atoms with van der Waals surface area (Å²) in [6.45, 7) is 2.27. The van der Waals surface area contributed by atoms with Crippen molar-refractivity contribution in [2.45, 2.75) is 13.3 Å². The van der Waals surface area contributed by atoms with Gasteiger partial charge in [0.15, 0.2) is 0 Å². The molecule has 0 radical (unpaired) electrons. The number of aryl methyl sites for hydroxylation is 1. The number of para-hydroxylation sites is 1. The van der Waals surface area contributed by atoms with Gasteiger partial charge < -0.3 is 14.8 Å². The second-order valence-corrected chi connectivity index (χ2v) is 5.41. The Bertz CT molecular complexity index is 841. The summed E-state index contributed by atoms with van der Waals surface area (Å²) in [5.74, 6) is 0.984. The lowest BCUT2D eigenvalue weighted by molar-refractivity contribution is 0.0951. The lowest BCUT2D eigenvalue weighted by Gasteiger charge is -2.05. The number of rotatable bonds is 5. The molecule has 0 spiro atoms. The topological polar surface area (TPSA) is 75.4 Å². The molecule has 0 aliphatic carbocycles. The van der Waals surface area contributed by atoms with E-state index in [2.05, 4.69) is 10.3 Å². The summed E-state index contributed by atoms with van der Waals surface area (Å²) in [5, 5.41) is 12.5. The van der Waals surface area contributed by atoms with Gasteiger partial charge in [-0.25, -0.2) is 4.98 Å². The number of nitrogens with zero attached hydrogens (tertiary/aromatic N) is 1. The molecule has 24 heavy (non-hydrogen) atoms. The van der Waals surface area contributed by atoms with Gasteiger partial charge in [0.1, 0.15) is 11.5 Å².